The predicted molar refractivity (Wildman–Crippen MR) is 120 cm³/mol. The number of nitrogens with zero attached hydrogens (tertiary/aromatic N) is 1. The van der Waals surface area contributed by atoms with Gasteiger partial charge < -0.3 is 4.90 Å². The van der Waals surface area contributed by atoms with Crippen molar-refractivity contribution in [3.8, 4) is 0 Å². The summed E-state index contributed by atoms with van der Waals surface area (Å²) in [6.45, 7) is 0.983. The number of amides is 1. The highest BCUT2D eigenvalue weighted by Gasteiger charge is 2.20. The summed E-state index contributed by atoms with van der Waals surface area (Å²) in [5, 5.41) is 0.789. The number of carbonyl (C=O) groups excluding carboxylic acids is 1. The Hall–Kier alpha value is -2.30. The molecule has 1 heterocycles. The largest absolute Gasteiger partial charge is 0.341 e. The van der Waals surface area contributed by atoms with Crippen LogP contribution in [-0.2, 0) is 22.5 Å². The highest BCUT2D eigenvalue weighted by Crippen LogP contribution is 2.37. The van der Waals surface area contributed by atoms with Crippen LogP contribution in [0.2, 0.25) is 5.02 Å². The Morgan fingerprint density at radius 3 is 2.66 bits per heavy atom. The smallest absolute Gasteiger partial charge is 0.267 e. The Morgan fingerprint density at radius 2 is 1.83 bits per heavy atom. The van der Waals surface area contributed by atoms with E-state index < -0.39 is 0 Å². The van der Waals surface area contributed by atoms with E-state index in [4.69, 9.17) is 11.6 Å². The maximum atomic E-state index is 11.3. The minimum atomic E-state index is -0.218. The number of unbranched alkanes of at least 4 members (excludes halogenated alkanes) is 4. The van der Waals surface area contributed by atoms with Gasteiger partial charge >= 0.3 is 0 Å². The van der Waals surface area contributed by atoms with Crippen LogP contribution in [0.1, 0.15) is 43.2 Å². The maximum Gasteiger partial charge on any atom is 0.267 e. The van der Waals surface area contributed by atoms with Gasteiger partial charge in [-0.25, -0.2) is 5.48 Å². The van der Waals surface area contributed by atoms with Crippen molar-refractivity contribution < 1.29 is 9.63 Å². The van der Waals surface area contributed by atoms with Crippen molar-refractivity contribution in [1.82, 2.24) is 5.48 Å². The highest BCUT2D eigenvalue weighted by atomic mass is 35.5. The van der Waals surface area contributed by atoms with Gasteiger partial charge in [0.05, 0.1) is 7.11 Å². The minimum Gasteiger partial charge on any atom is -0.341 e. The van der Waals surface area contributed by atoms with Crippen molar-refractivity contribution in [3.05, 3.63) is 70.8 Å². The summed E-state index contributed by atoms with van der Waals surface area (Å²) >= 11 is 6.33. The summed E-state index contributed by atoms with van der Waals surface area (Å²) in [4.78, 5) is 18.3. The summed E-state index contributed by atoms with van der Waals surface area (Å²) in [5.41, 5.74) is 7.60. The molecule has 0 unspecified atom stereocenters. The number of hydrogen-bond acceptors (Lipinski definition) is 3. The molecule has 0 fully saturated rings. The van der Waals surface area contributed by atoms with Crippen LogP contribution >= 0.6 is 11.6 Å². The Labute approximate surface area is 178 Å². The summed E-state index contributed by atoms with van der Waals surface area (Å²) in [6.07, 6.45) is 10.9. The van der Waals surface area contributed by atoms with Gasteiger partial charge in [0, 0.05) is 29.0 Å². The molecule has 0 aliphatic carbocycles. The predicted octanol–water partition coefficient (Wildman–Crippen LogP) is 5.76. The van der Waals surface area contributed by atoms with Gasteiger partial charge in [-0.05, 0) is 61.4 Å². The van der Waals surface area contributed by atoms with Crippen LogP contribution in [0.4, 0.5) is 11.4 Å². The number of nitrogens with one attached hydrogen (secondary N) is 1. The fourth-order valence-electron chi connectivity index (χ4n) is 3.84. The van der Waals surface area contributed by atoms with E-state index in [0.717, 1.165) is 56.5 Å². The van der Waals surface area contributed by atoms with Gasteiger partial charge in [0.1, 0.15) is 0 Å². The Balaban J connectivity index is 1.55. The molecule has 154 valence electrons. The second-order valence-corrected chi connectivity index (χ2v) is 7.77. The number of hydroxylamine groups is 1. The SMILES string of the molecule is CONC(=O)/C=C/CCCCCCN1c2ccccc2CCc2ccc(Cl)cc21. The van der Waals surface area contributed by atoms with Crippen LogP contribution in [0.5, 0.6) is 0 Å². The zero-order valence-electron chi connectivity index (χ0n) is 17.0. The molecule has 0 aromatic heterocycles. The molecule has 0 spiro atoms. The molecule has 2 aromatic carbocycles. The van der Waals surface area contributed by atoms with Gasteiger partial charge in [0.2, 0.25) is 0 Å². The van der Waals surface area contributed by atoms with Crippen molar-refractivity contribution in [2.45, 2.75) is 44.9 Å². The van der Waals surface area contributed by atoms with Crippen molar-refractivity contribution in [1.29, 1.82) is 0 Å². The number of anilines is 2. The van der Waals surface area contributed by atoms with Crippen molar-refractivity contribution in [2.75, 3.05) is 18.6 Å². The molecule has 1 N–H and O–H groups in total. The van der Waals surface area contributed by atoms with E-state index in [-0.39, 0.29) is 5.91 Å². The third-order valence-corrected chi connectivity index (χ3v) is 5.49. The summed E-state index contributed by atoms with van der Waals surface area (Å²) in [5.74, 6) is -0.218. The summed E-state index contributed by atoms with van der Waals surface area (Å²) < 4.78 is 0. The van der Waals surface area contributed by atoms with E-state index in [1.807, 2.05) is 12.1 Å². The summed E-state index contributed by atoms with van der Waals surface area (Å²) in [7, 11) is 1.43. The van der Waals surface area contributed by atoms with Gasteiger partial charge in [0.25, 0.3) is 5.91 Å². The Morgan fingerprint density at radius 1 is 1.07 bits per heavy atom. The first kappa shape index (κ1) is 21.4. The van der Waals surface area contributed by atoms with Crippen LogP contribution < -0.4 is 10.4 Å². The third-order valence-electron chi connectivity index (χ3n) is 5.26. The van der Waals surface area contributed by atoms with E-state index in [1.165, 1.54) is 35.7 Å². The number of carbonyl (C=O) groups is 1. The molecule has 0 atom stereocenters. The fraction of sp³-hybridized carbons (Fsp3) is 0.375. The molecule has 0 radical (unpaired) electrons. The van der Waals surface area contributed by atoms with Gasteiger partial charge in [-0.2, -0.15) is 0 Å². The van der Waals surface area contributed by atoms with Crippen molar-refractivity contribution in [3.63, 3.8) is 0 Å². The number of allylic oxidation sites excluding steroid dienone is 1. The number of hydrogen-bond donors (Lipinski definition) is 1. The lowest BCUT2D eigenvalue weighted by Crippen LogP contribution is -2.19. The molecule has 29 heavy (non-hydrogen) atoms. The van der Waals surface area contributed by atoms with Crippen LogP contribution in [-0.4, -0.2) is 19.6 Å². The quantitative estimate of drug-likeness (QED) is 0.323. The van der Waals surface area contributed by atoms with Crippen LogP contribution in [0, 0.1) is 0 Å². The van der Waals surface area contributed by atoms with E-state index in [1.54, 1.807) is 0 Å². The normalized spacial score (nSPS) is 13.1. The third kappa shape index (κ3) is 6.09. The minimum absolute atomic E-state index is 0.218. The first-order valence-electron chi connectivity index (χ1n) is 10.3. The lowest BCUT2D eigenvalue weighted by atomic mass is 10.0. The number of para-hydroxylation sites is 1. The average Bonchev–Trinajstić information content (AvgIpc) is 2.87. The molecule has 2 aromatic rings. The molecule has 4 nitrogen and oxygen atoms in total. The van der Waals surface area contributed by atoms with E-state index in [2.05, 4.69) is 51.6 Å². The Bertz CT molecular complexity index is 851. The maximum absolute atomic E-state index is 11.3. The van der Waals surface area contributed by atoms with Gasteiger partial charge in [-0.3, -0.25) is 9.63 Å². The molecule has 0 saturated heterocycles. The van der Waals surface area contributed by atoms with E-state index >= 15 is 0 Å². The number of benzene rings is 2. The van der Waals surface area contributed by atoms with Crippen molar-refractivity contribution >= 4 is 28.9 Å². The zero-order chi connectivity index (χ0) is 20.5. The Kier molecular flexibility index (Phi) is 8.14. The lowest BCUT2D eigenvalue weighted by Gasteiger charge is -2.27. The van der Waals surface area contributed by atoms with Gasteiger partial charge in [0.15, 0.2) is 0 Å². The van der Waals surface area contributed by atoms with E-state index in [9.17, 15) is 4.79 Å². The van der Waals surface area contributed by atoms with Crippen LogP contribution in [0.15, 0.2) is 54.6 Å². The number of rotatable bonds is 9. The van der Waals surface area contributed by atoms with Crippen LogP contribution in [0.3, 0.4) is 0 Å². The van der Waals surface area contributed by atoms with E-state index in [0.29, 0.717) is 0 Å². The number of aryl methyl sites for hydroxylation is 2. The first-order valence-corrected chi connectivity index (χ1v) is 10.7. The first-order chi connectivity index (χ1) is 14.2. The standard InChI is InChI=1S/C24H29ClN2O2/c1-29-26-24(28)12-6-4-2-3-5-9-17-27-22-11-8-7-10-19(22)13-14-20-15-16-21(25)18-23(20)27/h6-8,10-12,15-16,18H,2-5,9,13-14,17H2,1H3,(H,26,28)/b12-6+. The van der Waals surface area contributed by atoms with Crippen LogP contribution in [0.25, 0.3) is 0 Å². The second-order valence-electron chi connectivity index (χ2n) is 7.33. The van der Waals surface area contributed by atoms with Gasteiger partial charge in [-0.1, -0.05) is 54.8 Å². The molecular formula is C24H29ClN2O2. The molecule has 1 aliphatic rings. The zero-order valence-corrected chi connectivity index (χ0v) is 17.8. The number of halogens is 1. The second kappa shape index (κ2) is 11.0. The number of fused-ring (bicyclic) bond motifs is 2. The molecule has 0 bridgehead atoms. The molecule has 5 heteroatoms. The topological polar surface area (TPSA) is 41.6 Å². The molecule has 1 aliphatic heterocycles. The monoisotopic (exact) mass is 412 g/mol. The average molecular weight is 413 g/mol. The molecule has 3 rings (SSSR count). The molecule has 1 amide bonds. The van der Waals surface area contributed by atoms with Gasteiger partial charge in [-0.15, -0.1) is 0 Å². The summed E-state index contributed by atoms with van der Waals surface area (Å²) in [6, 6.07) is 15.0. The molecular weight excluding hydrogens is 384 g/mol. The lowest BCUT2D eigenvalue weighted by molar-refractivity contribution is -0.126. The fourth-order valence-corrected chi connectivity index (χ4v) is 4.00. The van der Waals surface area contributed by atoms with Crippen molar-refractivity contribution in [2.24, 2.45) is 0 Å². The molecule has 0 saturated carbocycles. The highest BCUT2D eigenvalue weighted by molar-refractivity contribution is 6.30.